The average molecular weight is 339 g/mol. The van der Waals surface area contributed by atoms with Gasteiger partial charge in [-0.3, -0.25) is 4.79 Å². The zero-order valence-electron chi connectivity index (χ0n) is 10.6. The maximum Gasteiger partial charge on any atom is 0.220 e. The Balaban J connectivity index is 1.74. The van der Waals surface area contributed by atoms with E-state index in [0.29, 0.717) is 13.0 Å². The van der Waals surface area contributed by atoms with E-state index in [1.54, 1.807) is 11.3 Å². The highest BCUT2D eigenvalue weighted by molar-refractivity contribution is 9.10. The Labute approximate surface area is 125 Å². The monoisotopic (exact) mass is 338 g/mol. The van der Waals surface area contributed by atoms with E-state index in [1.165, 1.54) is 5.56 Å². The van der Waals surface area contributed by atoms with Gasteiger partial charge in [0, 0.05) is 22.0 Å². The van der Waals surface area contributed by atoms with Crippen LogP contribution in [0.5, 0.6) is 0 Å². The Morgan fingerprint density at radius 2 is 2.11 bits per heavy atom. The van der Waals surface area contributed by atoms with Crippen molar-refractivity contribution in [1.82, 2.24) is 10.3 Å². The summed E-state index contributed by atoms with van der Waals surface area (Å²) in [5.74, 6) is 0.0778. The number of nitrogens with one attached hydrogen (secondary N) is 1. The minimum Gasteiger partial charge on any atom is -0.351 e. The predicted octanol–water partition coefficient (Wildman–Crippen LogP) is 3.46. The second-order valence-corrected chi connectivity index (χ2v) is 6.48. The summed E-state index contributed by atoms with van der Waals surface area (Å²) in [5, 5.41) is 3.94. The smallest absolute Gasteiger partial charge is 0.220 e. The maximum atomic E-state index is 11.7. The molecule has 0 unspecified atom stereocenters. The summed E-state index contributed by atoms with van der Waals surface area (Å²) in [4.78, 5) is 17.0. The molecule has 0 saturated heterocycles. The van der Waals surface area contributed by atoms with Crippen molar-refractivity contribution < 1.29 is 4.79 Å². The van der Waals surface area contributed by atoms with Gasteiger partial charge in [0.15, 0.2) is 0 Å². The van der Waals surface area contributed by atoms with Crippen LogP contribution >= 0.6 is 27.3 Å². The summed E-state index contributed by atoms with van der Waals surface area (Å²) in [6, 6.07) is 8.05. The van der Waals surface area contributed by atoms with Crippen molar-refractivity contribution in [2.45, 2.75) is 26.3 Å². The maximum absolute atomic E-state index is 11.7. The summed E-state index contributed by atoms with van der Waals surface area (Å²) in [7, 11) is 0. The highest BCUT2D eigenvalue weighted by Crippen LogP contribution is 2.12. The molecule has 0 saturated carbocycles. The molecule has 2 aromatic rings. The van der Waals surface area contributed by atoms with Gasteiger partial charge in [0.05, 0.1) is 11.6 Å². The highest BCUT2D eigenvalue weighted by Gasteiger charge is 2.04. The largest absolute Gasteiger partial charge is 0.351 e. The molecule has 5 heteroatoms. The van der Waals surface area contributed by atoms with Gasteiger partial charge in [-0.15, -0.1) is 11.3 Å². The first kappa shape index (κ1) is 14.2. The van der Waals surface area contributed by atoms with E-state index in [-0.39, 0.29) is 5.91 Å². The molecule has 1 aromatic heterocycles. The zero-order chi connectivity index (χ0) is 13.7. The number of carbonyl (C=O) groups is 1. The van der Waals surface area contributed by atoms with Crippen LogP contribution in [0.4, 0.5) is 0 Å². The molecule has 2 rings (SSSR count). The van der Waals surface area contributed by atoms with Gasteiger partial charge >= 0.3 is 0 Å². The van der Waals surface area contributed by atoms with Crippen LogP contribution in [0.15, 0.2) is 34.9 Å². The van der Waals surface area contributed by atoms with Crippen LogP contribution in [0.1, 0.15) is 21.9 Å². The molecule has 0 fully saturated rings. The molecule has 1 amide bonds. The minimum absolute atomic E-state index is 0.0778. The van der Waals surface area contributed by atoms with Gasteiger partial charge in [0.2, 0.25) is 5.91 Å². The van der Waals surface area contributed by atoms with Crippen LogP contribution in [-0.2, 0) is 17.8 Å². The van der Waals surface area contributed by atoms with Gasteiger partial charge in [-0.25, -0.2) is 4.98 Å². The highest BCUT2D eigenvalue weighted by atomic mass is 79.9. The number of aryl methyl sites for hydroxylation is 2. The minimum atomic E-state index is 0.0778. The van der Waals surface area contributed by atoms with Crippen molar-refractivity contribution in [2.75, 3.05) is 0 Å². The van der Waals surface area contributed by atoms with E-state index in [9.17, 15) is 4.79 Å². The first-order chi connectivity index (χ1) is 9.13. The topological polar surface area (TPSA) is 42.0 Å². The Morgan fingerprint density at radius 1 is 1.37 bits per heavy atom. The Bertz CT molecular complexity index is 551. The number of amides is 1. The summed E-state index contributed by atoms with van der Waals surface area (Å²) >= 11 is 5.01. The van der Waals surface area contributed by atoms with E-state index in [0.717, 1.165) is 20.8 Å². The van der Waals surface area contributed by atoms with Crippen LogP contribution in [-0.4, -0.2) is 10.9 Å². The second kappa shape index (κ2) is 6.82. The van der Waals surface area contributed by atoms with Gasteiger partial charge < -0.3 is 5.32 Å². The summed E-state index contributed by atoms with van der Waals surface area (Å²) in [6.07, 6.45) is 3.09. The fraction of sp³-hybridized carbons (Fsp3) is 0.286. The molecule has 100 valence electrons. The predicted molar refractivity (Wildman–Crippen MR) is 81.2 cm³/mol. The molecule has 19 heavy (non-hydrogen) atoms. The Hall–Kier alpha value is -1.20. The molecule has 3 nitrogen and oxygen atoms in total. The third-order valence-electron chi connectivity index (χ3n) is 2.68. The summed E-state index contributed by atoms with van der Waals surface area (Å²) < 4.78 is 1.06. The lowest BCUT2D eigenvalue weighted by atomic mass is 10.1. The average Bonchev–Trinajstić information content (AvgIpc) is 2.81. The Kier molecular flexibility index (Phi) is 5.10. The third-order valence-corrected chi connectivity index (χ3v) is 4.12. The van der Waals surface area contributed by atoms with Crippen LogP contribution in [0.2, 0.25) is 0 Å². The third kappa shape index (κ3) is 4.76. The molecule has 1 heterocycles. The SMILES string of the molecule is Cc1ncc(CNC(=O)CCc2ccc(Br)cc2)s1. The lowest BCUT2D eigenvalue weighted by Crippen LogP contribution is -2.22. The first-order valence-electron chi connectivity index (χ1n) is 6.06. The van der Waals surface area contributed by atoms with Gasteiger partial charge in [0.1, 0.15) is 0 Å². The molecule has 0 atom stereocenters. The van der Waals surface area contributed by atoms with Gasteiger partial charge in [-0.05, 0) is 31.0 Å². The summed E-state index contributed by atoms with van der Waals surface area (Å²) in [5.41, 5.74) is 1.17. The molecule has 0 spiro atoms. The number of hydrogen-bond acceptors (Lipinski definition) is 3. The van der Waals surface area contributed by atoms with E-state index >= 15 is 0 Å². The molecular weight excluding hydrogens is 324 g/mol. The molecule has 1 aromatic carbocycles. The van der Waals surface area contributed by atoms with E-state index in [2.05, 4.69) is 26.2 Å². The van der Waals surface area contributed by atoms with Gasteiger partial charge in [-0.1, -0.05) is 28.1 Å². The molecule has 1 N–H and O–H groups in total. The normalized spacial score (nSPS) is 10.4. The van der Waals surface area contributed by atoms with Crippen molar-refractivity contribution in [3.05, 3.63) is 50.4 Å². The number of nitrogens with zero attached hydrogens (tertiary/aromatic N) is 1. The quantitative estimate of drug-likeness (QED) is 0.906. The van der Waals surface area contributed by atoms with Crippen LogP contribution in [0.3, 0.4) is 0 Å². The molecule has 0 radical (unpaired) electrons. The van der Waals surface area contributed by atoms with E-state index in [1.807, 2.05) is 37.4 Å². The van der Waals surface area contributed by atoms with Crippen molar-refractivity contribution in [2.24, 2.45) is 0 Å². The summed E-state index contributed by atoms with van der Waals surface area (Å²) in [6.45, 7) is 2.54. The van der Waals surface area contributed by atoms with Gasteiger partial charge in [0.25, 0.3) is 0 Å². The number of aromatic nitrogens is 1. The number of rotatable bonds is 5. The molecule has 0 aliphatic heterocycles. The number of benzene rings is 1. The first-order valence-corrected chi connectivity index (χ1v) is 7.67. The number of halogens is 1. The van der Waals surface area contributed by atoms with Crippen molar-refractivity contribution >= 4 is 33.2 Å². The lowest BCUT2D eigenvalue weighted by molar-refractivity contribution is -0.121. The van der Waals surface area contributed by atoms with Gasteiger partial charge in [-0.2, -0.15) is 0 Å². The number of hydrogen-bond donors (Lipinski definition) is 1. The number of thiazole rings is 1. The van der Waals surface area contributed by atoms with Crippen LogP contribution in [0, 0.1) is 6.92 Å². The second-order valence-electron chi connectivity index (χ2n) is 4.25. The fourth-order valence-electron chi connectivity index (χ4n) is 1.67. The molecule has 0 bridgehead atoms. The fourth-order valence-corrected chi connectivity index (χ4v) is 2.67. The number of carbonyl (C=O) groups excluding carboxylic acids is 1. The molecule has 0 aliphatic rings. The van der Waals surface area contributed by atoms with Crippen LogP contribution < -0.4 is 5.32 Å². The standard InChI is InChI=1S/C14H15BrN2OS/c1-10-16-8-13(19-10)9-17-14(18)7-4-11-2-5-12(15)6-3-11/h2-3,5-6,8H,4,7,9H2,1H3,(H,17,18). The van der Waals surface area contributed by atoms with Crippen molar-refractivity contribution in [3.8, 4) is 0 Å². The molecular formula is C14H15BrN2OS. The van der Waals surface area contributed by atoms with Crippen LogP contribution in [0.25, 0.3) is 0 Å². The van der Waals surface area contributed by atoms with E-state index in [4.69, 9.17) is 0 Å². The zero-order valence-corrected chi connectivity index (χ0v) is 13.1. The van der Waals surface area contributed by atoms with E-state index < -0.39 is 0 Å². The Morgan fingerprint density at radius 3 is 2.74 bits per heavy atom. The van der Waals surface area contributed by atoms with Crippen molar-refractivity contribution in [3.63, 3.8) is 0 Å². The van der Waals surface area contributed by atoms with Crippen molar-refractivity contribution in [1.29, 1.82) is 0 Å². The lowest BCUT2D eigenvalue weighted by Gasteiger charge is -2.04. The molecule has 0 aliphatic carbocycles.